The summed E-state index contributed by atoms with van der Waals surface area (Å²) in [6.45, 7) is 5.89. The Kier molecular flexibility index (Phi) is 7.83. The van der Waals surface area contributed by atoms with Gasteiger partial charge in [0.2, 0.25) is 5.88 Å². The minimum atomic E-state index is -4.40. The molecular formula is C17H22F3N5OS. The number of aromatic nitrogens is 2. The van der Waals surface area contributed by atoms with Gasteiger partial charge in [0.15, 0.2) is 11.7 Å². The van der Waals surface area contributed by atoms with Crippen LogP contribution in [0.1, 0.15) is 30.1 Å². The molecule has 2 heterocycles. The van der Waals surface area contributed by atoms with Crippen LogP contribution in [0.5, 0.6) is 5.88 Å². The van der Waals surface area contributed by atoms with E-state index in [2.05, 4.69) is 25.6 Å². The maximum absolute atomic E-state index is 12.6. The van der Waals surface area contributed by atoms with Crippen molar-refractivity contribution in [1.82, 2.24) is 20.6 Å². The third-order valence-electron chi connectivity index (χ3n) is 3.33. The van der Waals surface area contributed by atoms with Crippen molar-refractivity contribution in [3.8, 4) is 5.88 Å². The summed E-state index contributed by atoms with van der Waals surface area (Å²) in [5.41, 5.74) is 0.103. The third-order valence-corrected chi connectivity index (χ3v) is 4.24. The van der Waals surface area contributed by atoms with Crippen LogP contribution in [0.2, 0.25) is 0 Å². The van der Waals surface area contributed by atoms with Gasteiger partial charge >= 0.3 is 6.18 Å². The van der Waals surface area contributed by atoms with Gasteiger partial charge in [-0.25, -0.2) is 15.0 Å². The molecule has 0 amide bonds. The first kappa shape index (κ1) is 20.9. The number of aliphatic imine (C=N–C) groups is 1. The molecule has 0 radical (unpaired) electrons. The third kappa shape index (κ3) is 7.05. The van der Waals surface area contributed by atoms with Gasteiger partial charge in [0.25, 0.3) is 0 Å². The lowest BCUT2D eigenvalue weighted by molar-refractivity contribution is -0.140. The maximum Gasteiger partial charge on any atom is 0.434 e. The predicted molar refractivity (Wildman–Crippen MR) is 99.0 cm³/mol. The predicted octanol–water partition coefficient (Wildman–Crippen LogP) is 3.25. The van der Waals surface area contributed by atoms with E-state index in [4.69, 9.17) is 4.74 Å². The Morgan fingerprint density at radius 1 is 1.30 bits per heavy atom. The fraction of sp³-hybridized carbons (Fsp3) is 0.471. The highest BCUT2D eigenvalue weighted by atomic mass is 32.1. The standard InChI is InChI=1S/C17H22F3N5OS/c1-3-21-16(24-10-12-5-7-22-14(9-12)26-4-2)23-8-6-15-25-13(11-27-15)17(18,19)20/h5,7,9,11H,3-4,6,8,10H2,1-2H3,(H2,21,23,24). The van der Waals surface area contributed by atoms with E-state index in [-0.39, 0.29) is 0 Å². The quantitative estimate of drug-likeness (QED) is 0.525. The summed E-state index contributed by atoms with van der Waals surface area (Å²) >= 11 is 1.01. The van der Waals surface area contributed by atoms with E-state index in [1.54, 1.807) is 6.20 Å². The van der Waals surface area contributed by atoms with E-state index in [0.717, 1.165) is 22.3 Å². The number of nitrogens with one attached hydrogen (secondary N) is 2. The average Bonchev–Trinajstić information content (AvgIpc) is 3.10. The number of nitrogens with zero attached hydrogens (tertiary/aromatic N) is 3. The number of ether oxygens (including phenoxy) is 1. The number of halogens is 3. The van der Waals surface area contributed by atoms with Crippen molar-refractivity contribution in [1.29, 1.82) is 0 Å². The molecule has 27 heavy (non-hydrogen) atoms. The van der Waals surface area contributed by atoms with Gasteiger partial charge in [0, 0.05) is 37.2 Å². The number of guanidine groups is 1. The van der Waals surface area contributed by atoms with E-state index in [9.17, 15) is 13.2 Å². The lowest BCUT2D eigenvalue weighted by atomic mass is 10.3. The van der Waals surface area contributed by atoms with Crippen molar-refractivity contribution >= 4 is 17.3 Å². The fourth-order valence-electron chi connectivity index (χ4n) is 2.13. The molecular weight excluding hydrogens is 379 g/mol. The number of rotatable bonds is 8. The largest absolute Gasteiger partial charge is 0.478 e. The lowest BCUT2D eigenvalue weighted by Crippen LogP contribution is -2.38. The van der Waals surface area contributed by atoms with Gasteiger partial charge < -0.3 is 15.4 Å². The SMILES string of the molecule is CCNC(=NCc1ccnc(OCC)c1)NCCc1nc(C(F)(F)F)cs1. The van der Waals surface area contributed by atoms with Crippen molar-refractivity contribution in [2.24, 2.45) is 4.99 Å². The smallest absolute Gasteiger partial charge is 0.434 e. The van der Waals surface area contributed by atoms with E-state index >= 15 is 0 Å². The van der Waals surface area contributed by atoms with Crippen molar-refractivity contribution in [2.45, 2.75) is 33.0 Å². The number of alkyl halides is 3. The summed E-state index contributed by atoms with van der Waals surface area (Å²) in [4.78, 5) is 12.2. The van der Waals surface area contributed by atoms with Crippen molar-refractivity contribution in [3.05, 3.63) is 40.0 Å². The molecule has 0 aliphatic heterocycles. The average molecular weight is 401 g/mol. The van der Waals surface area contributed by atoms with Crippen LogP contribution in [-0.2, 0) is 19.1 Å². The van der Waals surface area contributed by atoms with E-state index < -0.39 is 11.9 Å². The first-order valence-corrected chi connectivity index (χ1v) is 9.41. The molecule has 0 aliphatic rings. The first-order valence-electron chi connectivity index (χ1n) is 8.53. The number of hydrogen-bond acceptors (Lipinski definition) is 5. The molecule has 0 saturated carbocycles. The molecule has 2 rings (SSSR count). The van der Waals surface area contributed by atoms with E-state index in [1.807, 2.05) is 26.0 Å². The van der Waals surface area contributed by atoms with Gasteiger partial charge in [-0.3, -0.25) is 0 Å². The van der Waals surface area contributed by atoms with Crippen LogP contribution in [-0.4, -0.2) is 35.6 Å². The Labute approximate surface area is 159 Å². The molecule has 0 aromatic carbocycles. The van der Waals surface area contributed by atoms with Crippen molar-refractivity contribution in [3.63, 3.8) is 0 Å². The molecule has 148 valence electrons. The molecule has 10 heteroatoms. The second-order valence-electron chi connectivity index (χ2n) is 5.43. The zero-order valence-electron chi connectivity index (χ0n) is 15.1. The van der Waals surface area contributed by atoms with E-state index in [1.165, 1.54) is 0 Å². The second-order valence-corrected chi connectivity index (χ2v) is 6.37. The Morgan fingerprint density at radius 3 is 2.78 bits per heavy atom. The minimum Gasteiger partial charge on any atom is -0.478 e. The highest BCUT2D eigenvalue weighted by molar-refractivity contribution is 7.09. The lowest BCUT2D eigenvalue weighted by Gasteiger charge is -2.11. The molecule has 0 aliphatic carbocycles. The second kappa shape index (κ2) is 10.1. The van der Waals surface area contributed by atoms with Crippen LogP contribution in [0.25, 0.3) is 0 Å². The summed E-state index contributed by atoms with van der Waals surface area (Å²) < 4.78 is 43.1. The van der Waals surface area contributed by atoms with Gasteiger partial charge in [-0.1, -0.05) is 0 Å². The van der Waals surface area contributed by atoms with Gasteiger partial charge in [0.05, 0.1) is 18.2 Å². The van der Waals surface area contributed by atoms with Crippen LogP contribution in [0.3, 0.4) is 0 Å². The first-order chi connectivity index (χ1) is 12.9. The van der Waals surface area contributed by atoms with E-state index in [0.29, 0.717) is 49.5 Å². The van der Waals surface area contributed by atoms with Gasteiger partial charge in [-0.05, 0) is 25.5 Å². The Balaban J connectivity index is 1.90. The van der Waals surface area contributed by atoms with Crippen LogP contribution in [0, 0.1) is 0 Å². The van der Waals surface area contributed by atoms with Crippen molar-refractivity contribution < 1.29 is 17.9 Å². The number of pyridine rings is 1. The molecule has 6 nitrogen and oxygen atoms in total. The normalized spacial score (nSPS) is 12.1. The Bertz CT molecular complexity index is 748. The summed E-state index contributed by atoms with van der Waals surface area (Å²) in [7, 11) is 0. The fourth-order valence-corrected chi connectivity index (χ4v) is 2.94. The summed E-state index contributed by atoms with van der Waals surface area (Å²) in [5.74, 6) is 1.13. The Morgan fingerprint density at radius 2 is 2.11 bits per heavy atom. The highest BCUT2D eigenvalue weighted by Crippen LogP contribution is 2.29. The van der Waals surface area contributed by atoms with Crippen LogP contribution in [0.15, 0.2) is 28.7 Å². The number of hydrogen-bond donors (Lipinski definition) is 2. The summed E-state index contributed by atoms with van der Waals surface area (Å²) in [6.07, 6.45) is -2.35. The van der Waals surface area contributed by atoms with Crippen LogP contribution >= 0.6 is 11.3 Å². The molecule has 2 aromatic rings. The molecule has 2 aromatic heterocycles. The molecule has 0 saturated heterocycles. The van der Waals surface area contributed by atoms with Gasteiger partial charge in [-0.2, -0.15) is 13.2 Å². The minimum absolute atomic E-state index is 0.384. The molecule has 0 atom stereocenters. The summed E-state index contributed by atoms with van der Waals surface area (Å²) in [5, 5.41) is 7.68. The molecule has 0 bridgehead atoms. The van der Waals surface area contributed by atoms with Crippen molar-refractivity contribution in [2.75, 3.05) is 19.7 Å². The zero-order chi connectivity index (χ0) is 19.7. The van der Waals surface area contributed by atoms with Gasteiger partial charge in [-0.15, -0.1) is 11.3 Å². The maximum atomic E-state index is 12.6. The zero-order valence-corrected chi connectivity index (χ0v) is 16.0. The molecule has 0 unspecified atom stereocenters. The topological polar surface area (TPSA) is 71.4 Å². The monoisotopic (exact) mass is 401 g/mol. The molecule has 0 fully saturated rings. The highest BCUT2D eigenvalue weighted by Gasteiger charge is 2.33. The Hall–Kier alpha value is -2.36. The molecule has 2 N–H and O–H groups in total. The molecule has 0 spiro atoms. The van der Waals surface area contributed by atoms with Gasteiger partial charge in [0.1, 0.15) is 0 Å². The summed E-state index contributed by atoms with van der Waals surface area (Å²) in [6, 6.07) is 3.68. The number of thiazole rings is 1. The van der Waals surface area contributed by atoms with Crippen LogP contribution < -0.4 is 15.4 Å². The van der Waals surface area contributed by atoms with Crippen LogP contribution in [0.4, 0.5) is 13.2 Å².